The molecule has 0 radical (unpaired) electrons. The Morgan fingerprint density at radius 3 is 2.53 bits per heavy atom. The SMILES string of the molecule is Cc1cc(-c2ccc(CNc3ncnc4cc(-c5cccc(F)c5)ccc34)cn2)ccn1. The van der Waals surface area contributed by atoms with Crippen LogP contribution in [0.4, 0.5) is 10.2 Å². The summed E-state index contributed by atoms with van der Waals surface area (Å²) in [7, 11) is 0. The number of aryl methyl sites for hydroxylation is 1. The van der Waals surface area contributed by atoms with Gasteiger partial charge in [-0.25, -0.2) is 14.4 Å². The largest absolute Gasteiger partial charge is 0.365 e. The molecule has 0 atom stereocenters. The van der Waals surface area contributed by atoms with Crippen molar-refractivity contribution in [3.05, 3.63) is 103 Å². The minimum atomic E-state index is -0.258. The first-order valence-electron chi connectivity index (χ1n) is 10.3. The Morgan fingerprint density at radius 2 is 1.72 bits per heavy atom. The van der Waals surface area contributed by atoms with Gasteiger partial charge in [-0.2, -0.15) is 0 Å². The Bertz CT molecular complexity index is 1400. The Balaban J connectivity index is 1.35. The van der Waals surface area contributed by atoms with Crippen molar-refractivity contribution < 1.29 is 4.39 Å². The fourth-order valence-electron chi connectivity index (χ4n) is 3.64. The van der Waals surface area contributed by atoms with Gasteiger partial charge in [0.25, 0.3) is 0 Å². The van der Waals surface area contributed by atoms with Crippen LogP contribution in [0.25, 0.3) is 33.3 Å². The molecule has 6 heteroatoms. The van der Waals surface area contributed by atoms with Gasteiger partial charge < -0.3 is 5.32 Å². The first-order chi connectivity index (χ1) is 15.7. The number of benzene rings is 2. The average Bonchev–Trinajstić information content (AvgIpc) is 2.82. The molecule has 0 saturated heterocycles. The molecule has 3 heterocycles. The van der Waals surface area contributed by atoms with Gasteiger partial charge in [-0.15, -0.1) is 0 Å². The first kappa shape index (κ1) is 19.8. The predicted molar refractivity (Wildman–Crippen MR) is 124 cm³/mol. The number of anilines is 1. The van der Waals surface area contributed by atoms with Crippen molar-refractivity contribution >= 4 is 16.7 Å². The number of nitrogens with zero attached hydrogens (tertiary/aromatic N) is 4. The van der Waals surface area contributed by atoms with Gasteiger partial charge in [0, 0.05) is 35.6 Å². The molecule has 0 saturated carbocycles. The molecular weight excluding hydrogens is 401 g/mol. The molecule has 0 amide bonds. The summed E-state index contributed by atoms with van der Waals surface area (Å²) in [6.07, 6.45) is 5.19. The predicted octanol–water partition coefficient (Wildman–Crippen LogP) is 5.81. The topological polar surface area (TPSA) is 63.6 Å². The lowest BCUT2D eigenvalue weighted by atomic mass is 10.0. The molecule has 0 aliphatic heterocycles. The van der Waals surface area contributed by atoms with E-state index in [-0.39, 0.29) is 5.82 Å². The van der Waals surface area contributed by atoms with Crippen LogP contribution < -0.4 is 5.32 Å². The zero-order valence-electron chi connectivity index (χ0n) is 17.5. The maximum absolute atomic E-state index is 13.6. The number of aromatic nitrogens is 4. The maximum atomic E-state index is 13.6. The molecule has 0 spiro atoms. The lowest BCUT2D eigenvalue weighted by molar-refractivity contribution is 0.628. The van der Waals surface area contributed by atoms with Crippen LogP contribution in [-0.2, 0) is 6.54 Å². The van der Waals surface area contributed by atoms with Crippen molar-refractivity contribution in [1.29, 1.82) is 0 Å². The number of fused-ring (bicyclic) bond motifs is 1. The third-order valence-electron chi connectivity index (χ3n) is 5.27. The van der Waals surface area contributed by atoms with Crippen molar-refractivity contribution in [2.75, 3.05) is 5.32 Å². The van der Waals surface area contributed by atoms with Gasteiger partial charge >= 0.3 is 0 Å². The molecule has 0 aliphatic rings. The van der Waals surface area contributed by atoms with E-state index in [1.807, 2.05) is 55.6 Å². The highest BCUT2D eigenvalue weighted by Gasteiger charge is 2.07. The highest BCUT2D eigenvalue weighted by molar-refractivity contribution is 5.91. The van der Waals surface area contributed by atoms with E-state index < -0.39 is 0 Å². The van der Waals surface area contributed by atoms with E-state index in [9.17, 15) is 4.39 Å². The van der Waals surface area contributed by atoms with Crippen molar-refractivity contribution in [2.45, 2.75) is 13.5 Å². The van der Waals surface area contributed by atoms with Gasteiger partial charge in [0.15, 0.2) is 0 Å². The van der Waals surface area contributed by atoms with Crippen LogP contribution >= 0.6 is 0 Å². The summed E-state index contributed by atoms with van der Waals surface area (Å²) >= 11 is 0. The highest BCUT2D eigenvalue weighted by Crippen LogP contribution is 2.27. The normalized spacial score (nSPS) is 10.9. The van der Waals surface area contributed by atoms with Gasteiger partial charge in [-0.05, 0) is 66.1 Å². The Morgan fingerprint density at radius 1 is 0.812 bits per heavy atom. The van der Waals surface area contributed by atoms with Crippen LogP contribution in [-0.4, -0.2) is 19.9 Å². The van der Waals surface area contributed by atoms with Gasteiger partial charge in [-0.3, -0.25) is 9.97 Å². The molecule has 2 aromatic carbocycles. The second kappa shape index (κ2) is 8.51. The van der Waals surface area contributed by atoms with E-state index >= 15 is 0 Å². The van der Waals surface area contributed by atoms with E-state index in [1.54, 1.807) is 12.3 Å². The summed E-state index contributed by atoms with van der Waals surface area (Å²) in [6.45, 7) is 2.55. The zero-order valence-corrected chi connectivity index (χ0v) is 17.5. The fourth-order valence-corrected chi connectivity index (χ4v) is 3.64. The van der Waals surface area contributed by atoms with E-state index in [2.05, 4.69) is 31.3 Å². The minimum Gasteiger partial charge on any atom is -0.365 e. The Labute approximate surface area is 185 Å². The second-order valence-corrected chi connectivity index (χ2v) is 7.56. The highest BCUT2D eigenvalue weighted by atomic mass is 19.1. The molecule has 3 aromatic heterocycles. The summed E-state index contributed by atoms with van der Waals surface area (Å²) in [4.78, 5) is 17.6. The lowest BCUT2D eigenvalue weighted by Crippen LogP contribution is -2.03. The van der Waals surface area contributed by atoms with Crippen LogP contribution in [0.15, 0.2) is 85.5 Å². The van der Waals surface area contributed by atoms with Crippen LogP contribution in [0.3, 0.4) is 0 Å². The van der Waals surface area contributed by atoms with Crippen LogP contribution in [0.5, 0.6) is 0 Å². The van der Waals surface area contributed by atoms with Crippen molar-refractivity contribution in [3.63, 3.8) is 0 Å². The monoisotopic (exact) mass is 421 g/mol. The maximum Gasteiger partial charge on any atom is 0.137 e. The molecule has 5 rings (SSSR count). The van der Waals surface area contributed by atoms with Crippen molar-refractivity contribution in [1.82, 2.24) is 19.9 Å². The molecule has 0 aliphatic carbocycles. The molecule has 5 aromatic rings. The molecule has 156 valence electrons. The number of halogens is 1. The first-order valence-corrected chi connectivity index (χ1v) is 10.3. The fraction of sp³-hybridized carbons (Fsp3) is 0.0769. The summed E-state index contributed by atoms with van der Waals surface area (Å²) in [5.74, 6) is 0.487. The number of hydrogen-bond acceptors (Lipinski definition) is 5. The molecule has 0 fully saturated rings. The molecule has 0 bridgehead atoms. The molecule has 5 nitrogen and oxygen atoms in total. The van der Waals surface area contributed by atoms with Crippen LogP contribution in [0.1, 0.15) is 11.3 Å². The lowest BCUT2D eigenvalue weighted by Gasteiger charge is -2.10. The third-order valence-corrected chi connectivity index (χ3v) is 5.27. The number of hydrogen-bond donors (Lipinski definition) is 1. The van der Waals surface area contributed by atoms with Crippen molar-refractivity contribution in [3.8, 4) is 22.4 Å². The van der Waals surface area contributed by atoms with Gasteiger partial charge in [0.2, 0.25) is 0 Å². The summed E-state index contributed by atoms with van der Waals surface area (Å²) in [6, 6.07) is 20.5. The van der Waals surface area contributed by atoms with Gasteiger partial charge in [0.05, 0.1) is 11.2 Å². The Hall–Kier alpha value is -4.19. The van der Waals surface area contributed by atoms with Gasteiger partial charge in [-0.1, -0.05) is 24.3 Å². The molecular formula is C26H20FN5. The summed E-state index contributed by atoms with van der Waals surface area (Å²) in [5.41, 5.74) is 6.49. The van der Waals surface area contributed by atoms with Crippen LogP contribution in [0, 0.1) is 12.7 Å². The smallest absolute Gasteiger partial charge is 0.137 e. The Kier molecular flexibility index (Phi) is 5.25. The van der Waals surface area contributed by atoms with E-state index in [0.717, 1.165) is 50.4 Å². The van der Waals surface area contributed by atoms with Crippen molar-refractivity contribution in [2.24, 2.45) is 0 Å². The third kappa shape index (κ3) is 4.16. The minimum absolute atomic E-state index is 0.258. The second-order valence-electron chi connectivity index (χ2n) is 7.56. The van der Waals surface area contributed by atoms with E-state index in [0.29, 0.717) is 6.54 Å². The molecule has 0 unspecified atom stereocenters. The standard InChI is InChI=1S/C26H20FN5/c1-17-11-21(9-10-28-17)24-8-5-18(14-29-24)15-30-26-23-7-6-20(13-25(23)31-16-32-26)19-3-2-4-22(27)12-19/h2-14,16H,15H2,1H3,(H,30,31,32). The quantitative estimate of drug-likeness (QED) is 0.388. The zero-order chi connectivity index (χ0) is 21.9. The number of rotatable bonds is 5. The number of nitrogens with one attached hydrogen (secondary N) is 1. The molecule has 32 heavy (non-hydrogen) atoms. The van der Waals surface area contributed by atoms with E-state index in [1.165, 1.54) is 18.5 Å². The van der Waals surface area contributed by atoms with Crippen LogP contribution in [0.2, 0.25) is 0 Å². The summed E-state index contributed by atoms with van der Waals surface area (Å²) < 4.78 is 13.6. The van der Waals surface area contributed by atoms with Gasteiger partial charge in [0.1, 0.15) is 18.0 Å². The molecule has 1 N–H and O–H groups in total. The number of pyridine rings is 2. The average molecular weight is 421 g/mol. The summed E-state index contributed by atoms with van der Waals surface area (Å²) in [5, 5.41) is 4.29. The van der Waals surface area contributed by atoms with E-state index in [4.69, 9.17) is 0 Å².